The van der Waals surface area contributed by atoms with Crippen LogP contribution in [0.4, 0.5) is 4.79 Å². The van der Waals surface area contributed by atoms with Crippen molar-refractivity contribution in [3.05, 3.63) is 11.6 Å². The number of nitrogens with zero attached hydrogens (tertiary/aromatic N) is 2. The molecule has 1 unspecified atom stereocenters. The van der Waals surface area contributed by atoms with Gasteiger partial charge in [0.15, 0.2) is 0 Å². The van der Waals surface area contributed by atoms with Crippen molar-refractivity contribution in [3.63, 3.8) is 0 Å². The lowest BCUT2D eigenvalue weighted by molar-refractivity contribution is -0.124. The van der Waals surface area contributed by atoms with E-state index in [4.69, 9.17) is 4.55 Å². The van der Waals surface area contributed by atoms with Gasteiger partial charge in [-0.1, -0.05) is 6.08 Å². The molecule has 0 aromatic rings. The van der Waals surface area contributed by atoms with E-state index in [0.29, 0.717) is 10.6 Å². The Hall–Kier alpha value is -1.69. The topological polar surface area (TPSA) is 128 Å². The molecule has 0 aliphatic carbocycles. The highest BCUT2D eigenvalue weighted by atomic mass is 32.3. The van der Waals surface area contributed by atoms with Gasteiger partial charge in [0, 0.05) is 6.04 Å². The molecule has 3 rings (SSSR count). The molecule has 2 atom stereocenters. The van der Waals surface area contributed by atoms with Crippen molar-refractivity contribution in [1.29, 1.82) is 0 Å². The highest BCUT2D eigenvalue weighted by Crippen LogP contribution is 2.30. The molecule has 3 aliphatic heterocycles. The predicted molar refractivity (Wildman–Crippen MR) is 81.9 cm³/mol. The number of urea groups is 1. The standard InChI is InChI=1S/C13H20N4O6S/c1-8-6-10(12(18)15-9-2-4-14-5-3-9)16-7-11(8)17(13(16)19)23-24(20,21)22/h6,9-11,14H,2-5,7H2,1H3,(H,15,18)(H,20,21,22)/t10-,11?/m0/s1. The SMILES string of the molecule is CC1=C[C@@H](C(=O)NC2CCNCC2)N2CC1N(OS(=O)(=O)O)C2=O. The second kappa shape index (κ2) is 6.31. The van der Waals surface area contributed by atoms with Crippen LogP contribution in [0.15, 0.2) is 11.6 Å². The number of carbonyl (C=O) groups excluding carboxylic acids is 2. The molecule has 11 heteroatoms. The molecule has 24 heavy (non-hydrogen) atoms. The Morgan fingerprint density at radius 2 is 2.08 bits per heavy atom. The van der Waals surface area contributed by atoms with Crippen molar-refractivity contribution in [3.8, 4) is 0 Å². The number of piperidine rings is 1. The summed E-state index contributed by atoms with van der Waals surface area (Å²) in [5.74, 6) is -0.304. The monoisotopic (exact) mass is 360 g/mol. The van der Waals surface area contributed by atoms with Crippen molar-refractivity contribution in [2.24, 2.45) is 0 Å². The van der Waals surface area contributed by atoms with Gasteiger partial charge in [-0.05, 0) is 38.4 Å². The van der Waals surface area contributed by atoms with Crippen molar-refractivity contribution < 1.29 is 26.8 Å². The average molecular weight is 360 g/mol. The normalized spacial score (nSPS) is 28.1. The van der Waals surface area contributed by atoms with Crippen LogP contribution in [0, 0.1) is 0 Å². The van der Waals surface area contributed by atoms with Gasteiger partial charge in [-0.25, -0.2) is 4.79 Å². The molecule has 0 aromatic carbocycles. The molecule has 3 heterocycles. The maximum Gasteiger partial charge on any atom is 0.418 e. The summed E-state index contributed by atoms with van der Waals surface area (Å²) >= 11 is 0. The molecule has 3 amide bonds. The summed E-state index contributed by atoms with van der Waals surface area (Å²) in [6.45, 7) is 3.46. The van der Waals surface area contributed by atoms with Gasteiger partial charge in [-0.15, -0.1) is 4.28 Å². The summed E-state index contributed by atoms with van der Waals surface area (Å²) in [7, 11) is -4.82. The third-order valence-corrected chi connectivity index (χ3v) is 4.85. The Bertz CT molecular complexity index is 672. The smallest absolute Gasteiger partial charge is 0.351 e. The molecule has 0 saturated carbocycles. The van der Waals surface area contributed by atoms with Gasteiger partial charge in [0.2, 0.25) is 5.91 Å². The molecule has 134 valence electrons. The van der Waals surface area contributed by atoms with Crippen molar-refractivity contribution in [1.82, 2.24) is 20.6 Å². The van der Waals surface area contributed by atoms with Gasteiger partial charge in [-0.3, -0.25) is 9.35 Å². The van der Waals surface area contributed by atoms with Crippen LogP contribution >= 0.6 is 0 Å². The lowest BCUT2D eigenvalue weighted by atomic mass is 10.00. The summed E-state index contributed by atoms with van der Waals surface area (Å²) < 4.78 is 35.0. The Labute approximate surface area is 139 Å². The van der Waals surface area contributed by atoms with Gasteiger partial charge < -0.3 is 15.5 Å². The van der Waals surface area contributed by atoms with E-state index in [1.54, 1.807) is 13.0 Å². The highest BCUT2D eigenvalue weighted by molar-refractivity contribution is 7.80. The summed E-state index contributed by atoms with van der Waals surface area (Å²) in [6.07, 6.45) is 3.25. The van der Waals surface area contributed by atoms with Gasteiger partial charge >= 0.3 is 16.4 Å². The number of nitrogens with one attached hydrogen (secondary N) is 2. The second-order valence-electron chi connectivity index (χ2n) is 6.17. The number of fused-ring (bicyclic) bond motifs is 2. The van der Waals surface area contributed by atoms with E-state index in [9.17, 15) is 18.0 Å². The van der Waals surface area contributed by atoms with E-state index in [2.05, 4.69) is 14.9 Å². The second-order valence-corrected chi connectivity index (χ2v) is 7.17. The van der Waals surface area contributed by atoms with Crippen molar-refractivity contribution >= 4 is 22.3 Å². The quantitative estimate of drug-likeness (QED) is 0.434. The fourth-order valence-corrected chi connectivity index (χ4v) is 3.64. The fourth-order valence-electron chi connectivity index (χ4n) is 3.27. The molecular weight excluding hydrogens is 340 g/mol. The Morgan fingerprint density at radius 1 is 1.42 bits per heavy atom. The molecule has 2 fully saturated rings. The Balaban J connectivity index is 1.74. The molecule has 10 nitrogen and oxygen atoms in total. The van der Waals surface area contributed by atoms with Crippen LogP contribution in [0.25, 0.3) is 0 Å². The van der Waals surface area contributed by atoms with E-state index in [-0.39, 0.29) is 18.5 Å². The summed E-state index contributed by atoms with van der Waals surface area (Å²) in [5.41, 5.74) is 0.631. The van der Waals surface area contributed by atoms with E-state index >= 15 is 0 Å². The van der Waals surface area contributed by atoms with Crippen molar-refractivity contribution in [2.45, 2.75) is 37.9 Å². The van der Waals surface area contributed by atoms with Gasteiger partial charge in [0.25, 0.3) is 0 Å². The zero-order valence-corrected chi connectivity index (χ0v) is 14.0. The predicted octanol–water partition coefficient (Wildman–Crippen LogP) is -0.976. The van der Waals surface area contributed by atoms with Crippen LogP contribution in [-0.4, -0.2) is 72.6 Å². The largest absolute Gasteiger partial charge is 0.418 e. The average Bonchev–Trinajstić information content (AvgIpc) is 2.77. The Kier molecular flexibility index (Phi) is 4.51. The molecule has 2 saturated heterocycles. The number of amides is 3. The van der Waals surface area contributed by atoms with Crippen LogP contribution in [0.1, 0.15) is 19.8 Å². The fraction of sp³-hybridized carbons (Fsp3) is 0.692. The molecule has 2 bridgehead atoms. The van der Waals surface area contributed by atoms with E-state index in [1.807, 2.05) is 0 Å². The Morgan fingerprint density at radius 3 is 2.71 bits per heavy atom. The van der Waals surface area contributed by atoms with Gasteiger partial charge in [-0.2, -0.15) is 13.5 Å². The molecule has 3 aliphatic rings. The number of carbonyl (C=O) groups is 2. The molecule has 3 N–H and O–H groups in total. The van der Waals surface area contributed by atoms with Gasteiger partial charge in [0.1, 0.15) is 12.1 Å². The maximum absolute atomic E-state index is 12.5. The summed E-state index contributed by atoms with van der Waals surface area (Å²) in [6, 6.07) is -2.19. The lowest BCUT2D eigenvalue weighted by Gasteiger charge is -2.30. The number of hydrogen-bond acceptors (Lipinski definition) is 6. The number of hydrogen-bond donors (Lipinski definition) is 3. The number of hydroxylamine groups is 2. The third kappa shape index (κ3) is 3.38. The first kappa shape index (κ1) is 17.1. The first-order valence-corrected chi connectivity index (χ1v) is 9.09. The van der Waals surface area contributed by atoms with Crippen LogP contribution < -0.4 is 10.6 Å². The molecule has 0 spiro atoms. The lowest BCUT2D eigenvalue weighted by Crippen LogP contribution is -2.52. The van der Waals surface area contributed by atoms with Gasteiger partial charge in [0.05, 0.1) is 6.54 Å². The van der Waals surface area contributed by atoms with Crippen molar-refractivity contribution in [2.75, 3.05) is 19.6 Å². The van der Waals surface area contributed by atoms with Crippen LogP contribution in [0.3, 0.4) is 0 Å². The maximum atomic E-state index is 12.5. The summed E-state index contributed by atoms with van der Waals surface area (Å²) in [4.78, 5) is 26.1. The minimum absolute atomic E-state index is 0.0491. The zero-order chi connectivity index (χ0) is 17.5. The highest BCUT2D eigenvalue weighted by Gasteiger charge is 2.49. The van der Waals surface area contributed by atoms with E-state index < -0.39 is 28.5 Å². The zero-order valence-electron chi connectivity index (χ0n) is 13.1. The molecule has 0 radical (unpaired) electrons. The minimum atomic E-state index is -4.82. The first-order valence-electron chi connectivity index (χ1n) is 7.72. The van der Waals surface area contributed by atoms with Crippen LogP contribution in [-0.2, 0) is 19.5 Å². The van der Waals surface area contributed by atoms with E-state index in [0.717, 1.165) is 25.9 Å². The molecule has 0 aromatic heterocycles. The number of rotatable bonds is 4. The minimum Gasteiger partial charge on any atom is -0.351 e. The third-order valence-electron chi connectivity index (χ3n) is 4.50. The van der Waals surface area contributed by atoms with Crippen LogP contribution in [0.5, 0.6) is 0 Å². The van der Waals surface area contributed by atoms with E-state index in [1.165, 1.54) is 4.90 Å². The summed E-state index contributed by atoms with van der Waals surface area (Å²) in [5, 5.41) is 6.73. The molecular formula is C13H20N4O6S. The van der Waals surface area contributed by atoms with Crippen LogP contribution in [0.2, 0.25) is 0 Å². The first-order chi connectivity index (χ1) is 11.3.